The maximum absolute atomic E-state index is 9.93. The summed E-state index contributed by atoms with van der Waals surface area (Å²) in [6.45, 7) is -1.15. The number of aliphatic hydroxyl groups is 2. The third kappa shape index (κ3) is 15.0. The molecule has 0 saturated heterocycles. The first-order chi connectivity index (χ1) is 4.45. The number of hydrogen-bond acceptors (Lipinski definition) is 4. The van der Waals surface area contributed by atoms with E-state index in [2.05, 4.69) is 4.52 Å². The molecule has 1 atom stereocenters. The minimum atomic E-state index is -4.50. The van der Waals surface area contributed by atoms with Crippen molar-refractivity contribution < 1.29 is 29.1 Å². The van der Waals surface area contributed by atoms with E-state index in [4.69, 9.17) is 20.0 Å². The van der Waals surface area contributed by atoms with Gasteiger partial charge in [-0.3, -0.25) is 4.52 Å². The van der Waals surface area contributed by atoms with Crippen LogP contribution < -0.4 is 0 Å². The Hall–Kier alpha value is 2.55. The van der Waals surface area contributed by atoms with Gasteiger partial charge in [-0.05, 0) is 0 Å². The molecule has 70 valence electrons. The van der Waals surface area contributed by atoms with Crippen molar-refractivity contribution in [3.8, 4) is 0 Å². The van der Waals surface area contributed by atoms with Gasteiger partial charge in [-0.25, -0.2) is 4.57 Å². The summed E-state index contributed by atoms with van der Waals surface area (Å²) >= 11 is 0. The van der Waals surface area contributed by atoms with Gasteiger partial charge in [0.05, 0.1) is 13.2 Å². The topological polar surface area (TPSA) is 107 Å². The zero-order chi connectivity index (χ0) is 8.20. The van der Waals surface area contributed by atoms with E-state index in [1.54, 1.807) is 0 Å². The van der Waals surface area contributed by atoms with Crippen molar-refractivity contribution in [3.05, 3.63) is 0 Å². The Morgan fingerprint density at radius 3 is 2.00 bits per heavy atom. The molecule has 0 heterocycles. The summed E-state index contributed by atoms with van der Waals surface area (Å²) < 4.78 is 13.8. The Morgan fingerprint density at radius 1 is 1.33 bits per heavy atom. The Labute approximate surface area is 130 Å². The van der Waals surface area contributed by atoms with Crippen LogP contribution in [0.25, 0.3) is 0 Å². The molecule has 0 spiro atoms. The van der Waals surface area contributed by atoms with Crippen molar-refractivity contribution in [1.82, 2.24) is 0 Å². The SMILES string of the molecule is O=P(O)(O)OCC(O)CO.[CaH2].[CaH2]. The van der Waals surface area contributed by atoms with Gasteiger partial charge in [0.1, 0.15) is 6.10 Å². The number of rotatable bonds is 4. The zero-order valence-corrected chi connectivity index (χ0v) is 5.94. The predicted molar refractivity (Wildman–Crippen MR) is 48.2 cm³/mol. The van der Waals surface area contributed by atoms with E-state index in [1.165, 1.54) is 0 Å². The van der Waals surface area contributed by atoms with Crippen LogP contribution in [0.5, 0.6) is 0 Å². The molecule has 0 aromatic heterocycles. The monoisotopic (exact) mass is 256 g/mol. The first-order valence-corrected chi connectivity index (χ1v) is 3.98. The third-order valence-corrected chi connectivity index (χ3v) is 1.13. The zero-order valence-electron chi connectivity index (χ0n) is 5.04. The Morgan fingerprint density at radius 2 is 1.75 bits per heavy atom. The fourth-order valence-corrected chi connectivity index (χ4v) is 0.602. The van der Waals surface area contributed by atoms with Crippen LogP contribution in [0.3, 0.4) is 0 Å². The van der Waals surface area contributed by atoms with Gasteiger partial charge in [-0.15, -0.1) is 0 Å². The summed E-state index contributed by atoms with van der Waals surface area (Å²) in [4.78, 5) is 16.1. The molecule has 9 heteroatoms. The molecule has 0 aliphatic heterocycles. The van der Waals surface area contributed by atoms with Crippen molar-refractivity contribution in [2.45, 2.75) is 6.10 Å². The Kier molecular flexibility index (Phi) is 16.8. The molecular formula is C3H13Ca2O6P. The first-order valence-electron chi connectivity index (χ1n) is 2.44. The van der Waals surface area contributed by atoms with Crippen LogP contribution in [0.4, 0.5) is 0 Å². The van der Waals surface area contributed by atoms with E-state index in [1.807, 2.05) is 0 Å². The predicted octanol–water partition coefficient (Wildman–Crippen LogP) is -3.38. The molecule has 12 heavy (non-hydrogen) atoms. The van der Waals surface area contributed by atoms with Crippen LogP contribution in [0.15, 0.2) is 0 Å². The Bertz CT molecular complexity index is 137. The van der Waals surface area contributed by atoms with Gasteiger partial charge in [0.15, 0.2) is 0 Å². The van der Waals surface area contributed by atoms with Gasteiger partial charge in [0, 0.05) is 0 Å². The third-order valence-electron chi connectivity index (χ3n) is 0.646. The standard InChI is InChI=1S/C3H9O6P.2Ca.4H/c4-1-3(5)2-9-10(6,7)8;;;;;;/h3-5H,1-2H2,(H2,6,7,8);;;;;;. The van der Waals surface area contributed by atoms with Gasteiger partial charge in [0.25, 0.3) is 0 Å². The number of phosphoric ester groups is 1. The summed E-state index contributed by atoms with van der Waals surface area (Å²) in [6, 6.07) is 0. The van der Waals surface area contributed by atoms with Gasteiger partial charge in [-0.1, -0.05) is 0 Å². The second kappa shape index (κ2) is 10.1. The quantitative estimate of drug-likeness (QED) is 0.309. The summed E-state index contributed by atoms with van der Waals surface area (Å²) in [7, 11) is -4.50. The molecule has 0 fully saturated rings. The molecule has 0 aliphatic carbocycles. The summed E-state index contributed by atoms with van der Waals surface area (Å²) in [5, 5.41) is 16.7. The normalized spacial score (nSPS) is 12.7. The molecular weight excluding hydrogens is 243 g/mol. The summed E-state index contributed by atoms with van der Waals surface area (Å²) in [6.07, 6.45) is -1.24. The molecule has 6 nitrogen and oxygen atoms in total. The molecule has 0 bridgehead atoms. The van der Waals surface area contributed by atoms with Crippen molar-refractivity contribution in [3.63, 3.8) is 0 Å². The molecule has 0 radical (unpaired) electrons. The maximum atomic E-state index is 9.93. The van der Waals surface area contributed by atoms with Gasteiger partial charge in [0.2, 0.25) is 0 Å². The number of aliphatic hydroxyl groups excluding tert-OH is 2. The summed E-state index contributed by atoms with van der Waals surface area (Å²) in [5.74, 6) is 0. The second-order valence-corrected chi connectivity index (χ2v) is 2.86. The van der Waals surface area contributed by atoms with Gasteiger partial charge >= 0.3 is 83.3 Å². The van der Waals surface area contributed by atoms with Crippen LogP contribution in [0, 0.1) is 0 Å². The fraction of sp³-hybridized carbons (Fsp3) is 1.00. The van der Waals surface area contributed by atoms with E-state index in [0.29, 0.717) is 0 Å². The molecule has 0 aromatic carbocycles. The molecule has 0 amide bonds. The molecule has 0 rings (SSSR count). The van der Waals surface area contributed by atoms with Gasteiger partial charge < -0.3 is 20.0 Å². The molecule has 4 N–H and O–H groups in total. The molecule has 0 aromatic rings. The molecule has 0 aliphatic rings. The molecule has 1 unspecified atom stereocenters. The van der Waals surface area contributed by atoms with Crippen LogP contribution >= 0.6 is 7.82 Å². The summed E-state index contributed by atoms with van der Waals surface area (Å²) in [5.41, 5.74) is 0. The van der Waals surface area contributed by atoms with E-state index in [9.17, 15) is 4.57 Å². The van der Waals surface area contributed by atoms with E-state index in [0.717, 1.165) is 0 Å². The van der Waals surface area contributed by atoms with Crippen LogP contribution in [0.2, 0.25) is 0 Å². The van der Waals surface area contributed by atoms with Crippen LogP contribution in [0.1, 0.15) is 0 Å². The second-order valence-electron chi connectivity index (χ2n) is 1.62. The van der Waals surface area contributed by atoms with E-state index < -0.39 is 27.1 Å². The van der Waals surface area contributed by atoms with Crippen molar-refractivity contribution in [2.24, 2.45) is 0 Å². The van der Waals surface area contributed by atoms with Crippen molar-refractivity contribution >= 4 is 83.3 Å². The Balaban J connectivity index is -0.000000405. The van der Waals surface area contributed by atoms with E-state index >= 15 is 0 Å². The van der Waals surface area contributed by atoms with Crippen LogP contribution in [-0.4, -0.2) is 115 Å². The van der Waals surface area contributed by atoms with Crippen molar-refractivity contribution in [2.75, 3.05) is 13.2 Å². The first kappa shape index (κ1) is 20.0. The van der Waals surface area contributed by atoms with Crippen LogP contribution in [-0.2, 0) is 9.09 Å². The van der Waals surface area contributed by atoms with Crippen molar-refractivity contribution in [1.29, 1.82) is 0 Å². The van der Waals surface area contributed by atoms with Gasteiger partial charge in [-0.2, -0.15) is 0 Å². The average molecular weight is 256 g/mol. The minimum absolute atomic E-state index is 0. The average Bonchev–Trinajstić information content (AvgIpc) is 1.81. The fourth-order valence-electron chi connectivity index (χ4n) is 0.236. The number of phosphoric acid groups is 1. The number of hydrogen-bond donors (Lipinski definition) is 4. The molecule has 0 saturated carbocycles. The van der Waals surface area contributed by atoms with E-state index in [-0.39, 0.29) is 75.5 Å².